The summed E-state index contributed by atoms with van der Waals surface area (Å²) in [6.07, 6.45) is 2.25. The normalized spacial score (nSPS) is 11.8. The van der Waals surface area contributed by atoms with Gasteiger partial charge in [0.15, 0.2) is 0 Å². The molecule has 19 heavy (non-hydrogen) atoms. The Morgan fingerprint density at radius 3 is 2.16 bits per heavy atom. The van der Waals surface area contributed by atoms with Gasteiger partial charge in [0, 0.05) is 5.70 Å². The van der Waals surface area contributed by atoms with Gasteiger partial charge in [0.1, 0.15) is 0 Å². The SMILES string of the molecule is C=C(NC(CCC)c1ccccc1)c1ccccc1. The Morgan fingerprint density at radius 1 is 1.00 bits per heavy atom. The Balaban J connectivity index is 2.11. The van der Waals surface area contributed by atoms with Crippen LogP contribution in [0.15, 0.2) is 67.2 Å². The second-order valence-electron chi connectivity index (χ2n) is 4.74. The monoisotopic (exact) mass is 251 g/mol. The van der Waals surface area contributed by atoms with Crippen LogP contribution in [0, 0.1) is 0 Å². The van der Waals surface area contributed by atoms with Gasteiger partial charge in [-0.05, 0) is 17.5 Å². The molecule has 1 N–H and O–H groups in total. The highest BCUT2D eigenvalue weighted by Crippen LogP contribution is 2.22. The minimum absolute atomic E-state index is 0.332. The van der Waals surface area contributed by atoms with Crippen molar-refractivity contribution < 1.29 is 0 Å². The molecule has 0 saturated carbocycles. The lowest BCUT2D eigenvalue weighted by Crippen LogP contribution is -2.19. The van der Waals surface area contributed by atoms with Crippen LogP contribution >= 0.6 is 0 Å². The molecule has 0 bridgehead atoms. The zero-order chi connectivity index (χ0) is 13.5. The van der Waals surface area contributed by atoms with Crippen molar-refractivity contribution in [3.63, 3.8) is 0 Å². The van der Waals surface area contributed by atoms with Crippen molar-refractivity contribution in [1.29, 1.82) is 0 Å². The van der Waals surface area contributed by atoms with Gasteiger partial charge in [-0.3, -0.25) is 0 Å². The van der Waals surface area contributed by atoms with E-state index in [4.69, 9.17) is 0 Å². The van der Waals surface area contributed by atoms with Crippen molar-refractivity contribution in [2.24, 2.45) is 0 Å². The van der Waals surface area contributed by atoms with E-state index in [1.165, 1.54) is 5.56 Å². The highest BCUT2D eigenvalue weighted by atomic mass is 14.9. The maximum Gasteiger partial charge on any atom is 0.0513 e. The molecule has 0 radical (unpaired) electrons. The summed E-state index contributed by atoms with van der Waals surface area (Å²) in [5.74, 6) is 0. The third-order valence-corrected chi connectivity index (χ3v) is 3.25. The summed E-state index contributed by atoms with van der Waals surface area (Å²) in [4.78, 5) is 0. The van der Waals surface area contributed by atoms with Crippen LogP contribution in [0.2, 0.25) is 0 Å². The van der Waals surface area contributed by atoms with Crippen LogP contribution in [-0.2, 0) is 0 Å². The maximum absolute atomic E-state index is 4.16. The fourth-order valence-corrected chi connectivity index (χ4v) is 2.23. The Morgan fingerprint density at radius 2 is 1.58 bits per heavy atom. The van der Waals surface area contributed by atoms with Gasteiger partial charge in [0.25, 0.3) is 0 Å². The lowest BCUT2D eigenvalue weighted by atomic mass is 10.0. The summed E-state index contributed by atoms with van der Waals surface area (Å²) in [7, 11) is 0. The molecule has 2 aromatic rings. The van der Waals surface area contributed by atoms with E-state index < -0.39 is 0 Å². The number of benzene rings is 2. The standard InChI is InChI=1S/C18H21N/c1-3-10-18(17-13-8-5-9-14-17)19-15(2)16-11-6-4-7-12-16/h4-9,11-14,18-19H,2-3,10H2,1H3. The molecular formula is C18H21N. The number of hydrogen-bond donors (Lipinski definition) is 1. The van der Waals surface area contributed by atoms with Gasteiger partial charge in [-0.1, -0.05) is 80.6 Å². The quantitative estimate of drug-likeness (QED) is 0.778. The predicted molar refractivity (Wildman–Crippen MR) is 82.7 cm³/mol. The lowest BCUT2D eigenvalue weighted by molar-refractivity contribution is 0.572. The average Bonchev–Trinajstić information content (AvgIpc) is 2.48. The van der Waals surface area contributed by atoms with Crippen molar-refractivity contribution in [2.75, 3.05) is 0 Å². The molecule has 0 heterocycles. The molecule has 1 atom stereocenters. The minimum Gasteiger partial charge on any atom is -0.378 e. The van der Waals surface area contributed by atoms with E-state index in [9.17, 15) is 0 Å². The first-order chi connectivity index (χ1) is 9.31. The average molecular weight is 251 g/mol. The Kier molecular flexibility index (Phi) is 4.79. The molecule has 0 saturated heterocycles. The second-order valence-corrected chi connectivity index (χ2v) is 4.74. The van der Waals surface area contributed by atoms with E-state index in [2.05, 4.69) is 61.3 Å². The molecule has 2 aromatic carbocycles. The molecule has 0 aromatic heterocycles. The summed E-state index contributed by atoms with van der Waals surface area (Å²) in [5, 5.41) is 3.56. The summed E-state index contributed by atoms with van der Waals surface area (Å²) >= 11 is 0. The highest BCUT2D eigenvalue weighted by molar-refractivity contribution is 5.61. The van der Waals surface area contributed by atoms with E-state index in [1.54, 1.807) is 0 Å². The van der Waals surface area contributed by atoms with E-state index in [0.29, 0.717) is 6.04 Å². The van der Waals surface area contributed by atoms with Gasteiger partial charge < -0.3 is 5.32 Å². The van der Waals surface area contributed by atoms with E-state index in [1.807, 2.05) is 18.2 Å². The number of nitrogens with one attached hydrogen (secondary N) is 1. The van der Waals surface area contributed by atoms with E-state index in [0.717, 1.165) is 24.1 Å². The maximum atomic E-state index is 4.16. The van der Waals surface area contributed by atoms with Crippen LogP contribution in [0.5, 0.6) is 0 Å². The third-order valence-electron chi connectivity index (χ3n) is 3.25. The van der Waals surface area contributed by atoms with Gasteiger partial charge in [0.2, 0.25) is 0 Å². The third kappa shape index (κ3) is 3.72. The molecule has 1 unspecified atom stereocenters. The molecule has 0 aliphatic rings. The van der Waals surface area contributed by atoms with Crippen LogP contribution < -0.4 is 5.32 Å². The summed E-state index contributed by atoms with van der Waals surface area (Å²) < 4.78 is 0. The van der Waals surface area contributed by atoms with E-state index >= 15 is 0 Å². The molecule has 0 aliphatic carbocycles. The molecule has 1 heteroatoms. The molecule has 98 valence electrons. The van der Waals surface area contributed by atoms with Gasteiger partial charge in [0.05, 0.1) is 6.04 Å². The summed E-state index contributed by atoms with van der Waals surface area (Å²) in [5.41, 5.74) is 3.46. The number of hydrogen-bond acceptors (Lipinski definition) is 1. The van der Waals surface area contributed by atoms with Crippen LogP contribution in [0.25, 0.3) is 5.70 Å². The summed E-state index contributed by atoms with van der Waals surface area (Å²) in [6.45, 7) is 6.37. The molecule has 0 spiro atoms. The van der Waals surface area contributed by atoms with E-state index in [-0.39, 0.29) is 0 Å². The Bertz CT molecular complexity index is 502. The predicted octanol–water partition coefficient (Wildman–Crippen LogP) is 4.79. The van der Waals surface area contributed by atoms with Crippen molar-refractivity contribution in [3.8, 4) is 0 Å². The first kappa shape index (κ1) is 13.4. The topological polar surface area (TPSA) is 12.0 Å². The first-order valence-corrected chi connectivity index (χ1v) is 6.87. The number of rotatable bonds is 6. The van der Waals surface area contributed by atoms with Crippen molar-refractivity contribution in [2.45, 2.75) is 25.8 Å². The van der Waals surface area contributed by atoms with Gasteiger partial charge in [-0.25, -0.2) is 0 Å². The van der Waals surface area contributed by atoms with Crippen molar-refractivity contribution in [3.05, 3.63) is 78.4 Å². The van der Waals surface area contributed by atoms with Gasteiger partial charge >= 0.3 is 0 Å². The van der Waals surface area contributed by atoms with Gasteiger partial charge in [-0.15, -0.1) is 0 Å². The van der Waals surface area contributed by atoms with Gasteiger partial charge in [-0.2, -0.15) is 0 Å². The Labute approximate surface area is 116 Å². The Hall–Kier alpha value is -2.02. The molecule has 1 nitrogen and oxygen atoms in total. The minimum atomic E-state index is 0.332. The zero-order valence-corrected chi connectivity index (χ0v) is 11.5. The lowest BCUT2D eigenvalue weighted by Gasteiger charge is -2.21. The molecule has 2 rings (SSSR count). The highest BCUT2D eigenvalue weighted by Gasteiger charge is 2.11. The smallest absolute Gasteiger partial charge is 0.0513 e. The zero-order valence-electron chi connectivity index (χ0n) is 11.5. The van der Waals surface area contributed by atoms with Crippen LogP contribution in [0.3, 0.4) is 0 Å². The largest absolute Gasteiger partial charge is 0.378 e. The molecule has 0 amide bonds. The first-order valence-electron chi connectivity index (χ1n) is 6.87. The molecular weight excluding hydrogens is 230 g/mol. The second kappa shape index (κ2) is 6.79. The fraction of sp³-hybridized carbons (Fsp3) is 0.222. The van der Waals surface area contributed by atoms with Crippen molar-refractivity contribution in [1.82, 2.24) is 5.32 Å². The van der Waals surface area contributed by atoms with Crippen molar-refractivity contribution >= 4 is 5.70 Å². The van der Waals surface area contributed by atoms with Crippen LogP contribution in [0.1, 0.15) is 36.9 Å². The van der Waals surface area contributed by atoms with Crippen LogP contribution in [-0.4, -0.2) is 0 Å². The van der Waals surface area contributed by atoms with Crippen LogP contribution in [0.4, 0.5) is 0 Å². The fourth-order valence-electron chi connectivity index (χ4n) is 2.23. The molecule has 0 fully saturated rings. The molecule has 0 aliphatic heterocycles. The summed E-state index contributed by atoms with van der Waals surface area (Å²) in [6, 6.07) is 21.2.